The van der Waals surface area contributed by atoms with Crippen LogP contribution >= 0.6 is 0 Å². The highest BCUT2D eigenvalue weighted by Crippen LogP contribution is 2.27. The Balaban J connectivity index is 2.10. The van der Waals surface area contributed by atoms with Gasteiger partial charge in [-0.1, -0.05) is 13.8 Å². The van der Waals surface area contributed by atoms with E-state index in [1.165, 1.54) is 0 Å². The lowest BCUT2D eigenvalue weighted by Gasteiger charge is -2.24. The Bertz CT molecular complexity index is 475. The highest BCUT2D eigenvalue weighted by Gasteiger charge is 2.25. The molecule has 5 nitrogen and oxygen atoms in total. The summed E-state index contributed by atoms with van der Waals surface area (Å²) in [6, 6.07) is 3.78. The van der Waals surface area contributed by atoms with E-state index in [4.69, 9.17) is 10.5 Å². The van der Waals surface area contributed by atoms with Crippen molar-refractivity contribution in [3.05, 3.63) is 12.1 Å². The maximum absolute atomic E-state index is 10.2. The molecule has 2 heterocycles. The number of pyridine rings is 1. The van der Waals surface area contributed by atoms with Crippen molar-refractivity contribution in [2.45, 2.75) is 45.6 Å². The molecule has 0 aliphatic carbocycles. The van der Waals surface area contributed by atoms with E-state index in [-0.39, 0.29) is 0 Å². The van der Waals surface area contributed by atoms with Gasteiger partial charge in [-0.05, 0) is 44.2 Å². The monoisotopic (exact) mass is 293 g/mol. The van der Waals surface area contributed by atoms with Crippen molar-refractivity contribution in [2.75, 3.05) is 30.3 Å². The quantitative estimate of drug-likeness (QED) is 0.892. The van der Waals surface area contributed by atoms with Crippen LogP contribution in [-0.4, -0.2) is 35.4 Å². The van der Waals surface area contributed by atoms with Crippen molar-refractivity contribution in [3.63, 3.8) is 0 Å². The summed E-state index contributed by atoms with van der Waals surface area (Å²) < 4.78 is 5.69. The summed E-state index contributed by atoms with van der Waals surface area (Å²) in [6.45, 7) is 8.40. The lowest BCUT2D eigenvalue weighted by Crippen LogP contribution is -2.28. The predicted octanol–water partition coefficient (Wildman–Crippen LogP) is 2.44. The van der Waals surface area contributed by atoms with Crippen LogP contribution in [0.25, 0.3) is 0 Å². The van der Waals surface area contributed by atoms with Gasteiger partial charge in [-0.15, -0.1) is 0 Å². The zero-order chi connectivity index (χ0) is 15.5. The Hall–Kier alpha value is -1.49. The molecule has 0 saturated carbocycles. The summed E-state index contributed by atoms with van der Waals surface area (Å²) in [6.07, 6.45) is 2.54. The molecule has 0 radical (unpaired) electrons. The first kappa shape index (κ1) is 15.9. The van der Waals surface area contributed by atoms with Crippen molar-refractivity contribution in [2.24, 2.45) is 5.92 Å². The van der Waals surface area contributed by atoms with E-state index >= 15 is 0 Å². The largest absolute Gasteiger partial charge is 0.476 e. The first-order valence-electron chi connectivity index (χ1n) is 7.74. The first-order chi connectivity index (χ1) is 9.87. The number of hydrogen-bond donors (Lipinski definition) is 2. The van der Waals surface area contributed by atoms with Gasteiger partial charge in [-0.2, -0.15) is 4.98 Å². The molecular weight excluding hydrogens is 266 g/mol. The summed E-state index contributed by atoms with van der Waals surface area (Å²) in [4.78, 5) is 6.75. The first-order valence-corrected chi connectivity index (χ1v) is 7.74. The van der Waals surface area contributed by atoms with Crippen molar-refractivity contribution < 1.29 is 9.84 Å². The Morgan fingerprint density at radius 2 is 2.14 bits per heavy atom. The van der Waals surface area contributed by atoms with Gasteiger partial charge < -0.3 is 20.5 Å². The van der Waals surface area contributed by atoms with Crippen molar-refractivity contribution in [1.82, 2.24) is 4.98 Å². The van der Waals surface area contributed by atoms with Gasteiger partial charge in [0, 0.05) is 13.1 Å². The van der Waals surface area contributed by atoms with Crippen molar-refractivity contribution in [1.29, 1.82) is 0 Å². The second-order valence-corrected chi connectivity index (χ2v) is 6.61. The van der Waals surface area contributed by atoms with Crippen LogP contribution in [0.4, 0.5) is 11.5 Å². The van der Waals surface area contributed by atoms with Crippen LogP contribution in [-0.2, 0) is 0 Å². The van der Waals surface area contributed by atoms with E-state index in [9.17, 15) is 5.11 Å². The zero-order valence-electron chi connectivity index (χ0n) is 13.3. The zero-order valence-corrected chi connectivity index (χ0v) is 13.3. The SMILES string of the molecule is CC(C)COc1nc(N2CCCC(C)(O)CC2)ccc1N. The van der Waals surface area contributed by atoms with Gasteiger partial charge in [0.25, 0.3) is 0 Å². The van der Waals surface area contributed by atoms with Gasteiger partial charge in [0.15, 0.2) is 0 Å². The molecule has 5 heteroatoms. The molecule has 21 heavy (non-hydrogen) atoms. The molecule has 1 atom stereocenters. The molecule has 1 aliphatic heterocycles. The molecule has 1 aromatic heterocycles. The molecule has 0 bridgehead atoms. The van der Waals surface area contributed by atoms with E-state index in [1.807, 2.05) is 19.1 Å². The van der Waals surface area contributed by atoms with Crippen LogP contribution < -0.4 is 15.4 Å². The predicted molar refractivity (Wildman–Crippen MR) is 85.7 cm³/mol. The minimum atomic E-state index is -0.570. The van der Waals surface area contributed by atoms with Gasteiger partial charge in [0.05, 0.1) is 17.9 Å². The summed E-state index contributed by atoms with van der Waals surface area (Å²) in [5.41, 5.74) is 5.93. The topological polar surface area (TPSA) is 71.6 Å². The van der Waals surface area contributed by atoms with Gasteiger partial charge in [0.2, 0.25) is 5.88 Å². The fourth-order valence-electron chi connectivity index (χ4n) is 2.47. The molecule has 2 rings (SSSR count). The number of rotatable bonds is 4. The highest BCUT2D eigenvalue weighted by atomic mass is 16.5. The number of aromatic nitrogens is 1. The third-order valence-electron chi connectivity index (χ3n) is 3.82. The van der Waals surface area contributed by atoms with Gasteiger partial charge in [-0.3, -0.25) is 0 Å². The molecule has 0 amide bonds. The minimum Gasteiger partial charge on any atom is -0.476 e. The second-order valence-electron chi connectivity index (χ2n) is 6.61. The number of aliphatic hydroxyl groups is 1. The Labute approximate surface area is 127 Å². The smallest absolute Gasteiger partial charge is 0.239 e. The molecule has 1 saturated heterocycles. The molecule has 0 aromatic carbocycles. The number of ether oxygens (including phenoxy) is 1. The van der Waals surface area contributed by atoms with E-state index in [1.54, 1.807) is 0 Å². The Kier molecular flexibility index (Phi) is 4.93. The summed E-state index contributed by atoms with van der Waals surface area (Å²) in [7, 11) is 0. The van der Waals surface area contributed by atoms with Gasteiger partial charge in [0.1, 0.15) is 5.82 Å². The van der Waals surface area contributed by atoms with Crippen LogP contribution in [0.15, 0.2) is 12.1 Å². The molecule has 1 unspecified atom stereocenters. The second kappa shape index (κ2) is 6.52. The number of nitrogens with two attached hydrogens (primary N) is 1. The van der Waals surface area contributed by atoms with Crippen molar-refractivity contribution in [3.8, 4) is 5.88 Å². The van der Waals surface area contributed by atoms with E-state index in [0.717, 1.165) is 38.2 Å². The third kappa shape index (κ3) is 4.49. The molecule has 1 aromatic rings. The van der Waals surface area contributed by atoms with E-state index < -0.39 is 5.60 Å². The maximum atomic E-state index is 10.2. The van der Waals surface area contributed by atoms with Crippen LogP contribution in [0.1, 0.15) is 40.0 Å². The average Bonchev–Trinajstić information content (AvgIpc) is 2.59. The summed E-state index contributed by atoms with van der Waals surface area (Å²) >= 11 is 0. The summed E-state index contributed by atoms with van der Waals surface area (Å²) in [5.74, 6) is 1.82. The average molecular weight is 293 g/mol. The molecule has 1 aliphatic rings. The number of nitrogens with zero attached hydrogens (tertiary/aromatic N) is 2. The van der Waals surface area contributed by atoms with Crippen LogP contribution in [0.2, 0.25) is 0 Å². The Morgan fingerprint density at radius 1 is 1.38 bits per heavy atom. The minimum absolute atomic E-state index is 0.433. The van der Waals surface area contributed by atoms with Crippen LogP contribution in [0.3, 0.4) is 0 Å². The molecular formula is C16H27N3O2. The van der Waals surface area contributed by atoms with E-state index in [2.05, 4.69) is 23.7 Å². The summed E-state index contributed by atoms with van der Waals surface area (Å²) in [5, 5.41) is 10.2. The lowest BCUT2D eigenvalue weighted by molar-refractivity contribution is 0.0481. The third-order valence-corrected chi connectivity index (χ3v) is 3.82. The normalized spacial score (nSPS) is 23.2. The molecule has 118 valence electrons. The van der Waals surface area contributed by atoms with Crippen LogP contribution in [0.5, 0.6) is 5.88 Å². The van der Waals surface area contributed by atoms with Gasteiger partial charge >= 0.3 is 0 Å². The Morgan fingerprint density at radius 3 is 2.86 bits per heavy atom. The fourth-order valence-corrected chi connectivity index (χ4v) is 2.47. The number of nitrogen functional groups attached to an aromatic ring is 1. The van der Waals surface area contributed by atoms with Crippen molar-refractivity contribution >= 4 is 11.5 Å². The maximum Gasteiger partial charge on any atom is 0.239 e. The molecule has 0 spiro atoms. The lowest BCUT2D eigenvalue weighted by atomic mass is 9.98. The molecule has 1 fully saturated rings. The fraction of sp³-hybridized carbons (Fsp3) is 0.688. The van der Waals surface area contributed by atoms with Crippen LogP contribution in [0, 0.1) is 5.92 Å². The highest BCUT2D eigenvalue weighted by molar-refractivity contribution is 5.54. The van der Waals surface area contributed by atoms with Gasteiger partial charge in [-0.25, -0.2) is 0 Å². The standard InChI is InChI=1S/C16H27N3O2/c1-12(2)11-21-15-13(17)5-6-14(18-15)19-9-4-7-16(3,20)8-10-19/h5-6,12,20H,4,7-11,17H2,1-3H3. The van der Waals surface area contributed by atoms with E-state index in [0.29, 0.717) is 24.1 Å². The molecule has 3 N–H and O–H groups in total. The number of hydrogen-bond acceptors (Lipinski definition) is 5. The number of anilines is 2.